The van der Waals surface area contributed by atoms with E-state index in [1.807, 2.05) is 30.3 Å². The van der Waals surface area contributed by atoms with Crippen LogP contribution >= 0.6 is 0 Å². The quantitative estimate of drug-likeness (QED) is 0.424. The Hall–Kier alpha value is -2.47. The van der Waals surface area contributed by atoms with E-state index in [4.69, 9.17) is 9.68 Å². The van der Waals surface area contributed by atoms with Gasteiger partial charge in [0, 0.05) is 11.9 Å². The zero-order valence-electron chi connectivity index (χ0n) is 16.7. The molecule has 1 fully saturated rings. The van der Waals surface area contributed by atoms with E-state index in [0.29, 0.717) is 0 Å². The summed E-state index contributed by atoms with van der Waals surface area (Å²) >= 11 is 0. The Morgan fingerprint density at radius 1 is 0.897 bits per heavy atom. The Morgan fingerprint density at radius 2 is 1.24 bits per heavy atom. The van der Waals surface area contributed by atoms with Crippen LogP contribution in [0.3, 0.4) is 0 Å². The minimum absolute atomic E-state index is 0. The molecular weight excluding hydrogens is 397 g/mol. The molecule has 0 unspecified atom stereocenters. The first-order valence-electron chi connectivity index (χ1n) is 8.16. The van der Waals surface area contributed by atoms with E-state index in [2.05, 4.69) is 0 Å². The maximum atomic E-state index is 11.6. The van der Waals surface area contributed by atoms with E-state index in [1.54, 1.807) is 6.08 Å². The van der Waals surface area contributed by atoms with Gasteiger partial charge < -0.3 is 19.8 Å². The van der Waals surface area contributed by atoms with Gasteiger partial charge in [-0.25, -0.2) is 0 Å². The van der Waals surface area contributed by atoms with Crippen LogP contribution in [0, 0.1) is 0 Å². The monoisotopic (exact) mass is 418 g/mol. The molecule has 1 aliphatic heterocycles. The van der Waals surface area contributed by atoms with Gasteiger partial charge in [-0.2, -0.15) is 10.1 Å². The number of nitrogens with zero attached hydrogens (tertiary/aromatic N) is 2. The van der Waals surface area contributed by atoms with Crippen molar-refractivity contribution in [2.24, 2.45) is 0 Å². The van der Waals surface area contributed by atoms with Crippen LogP contribution in [0.1, 0.15) is 32.3 Å². The van der Waals surface area contributed by atoms with Crippen molar-refractivity contribution in [3.05, 3.63) is 41.7 Å². The summed E-state index contributed by atoms with van der Waals surface area (Å²) in [5.41, 5.74) is 0.819. The van der Waals surface area contributed by atoms with Crippen LogP contribution in [-0.4, -0.2) is 71.2 Å². The second-order valence-electron chi connectivity index (χ2n) is 4.93. The van der Waals surface area contributed by atoms with Crippen molar-refractivity contribution in [1.29, 1.82) is 0 Å². The third kappa shape index (κ3) is 10.0. The van der Waals surface area contributed by atoms with E-state index in [0.717, 1.165) is 15.7 Å². The van der Waals surface area contributed by atoms with Crippen LogP contribution in [0.25, 0.3) is 6.08 Å². The molecule has 1 aromatic carbocycles. The van der Waals surface area contributed by atoms with Gasteiger partial charge >= 0.3 is 34.9 Å². The van der Waals surface area contributed by atoms with Crippen LogP contribution in [0.2, 0.25) is 0 Å². The molecule has 0 atom stereocenters. The molecule has 0 aliphatic carbocycles. The zero-order valence-corrected chi connectivity index (χ0v) is 18.2. The van der Waals surface area contributed by atoms with Crippen molar-refractivity contribution in [1.82, 2.24) is 10.1 Å². The number of amides is 2. The molecule has 1 saturated heterocycles. The summed E-state index contributed by atoms with van der Waals surface area (Å²) in [6.45, 7) is 3.07. The Labute approximate surface area is 184 Å². The van der Waals surface area contributed by atoms with Gasteiger partial charge in [-0.1, -0.05) is 44.2 Å². The maximum Gasteiger partial charge on any atom is 2.00 e. The molecule has 29 heavy (non-hydrogen) atoms. The maximum absolute atomic E-state index is 11.6. The summed E-state index contributed by atoms with van der Waals surface area (Å²) in [7, 11) is 2.62. The van der Waals surface area contributed by atoms with Crippen molar-refractivity contribution < 1.29 is 39.1 Å². The third-order valence-electron chi connectivity index (χ3n) is 3.01. The zero-order chi connectivity index (χ0) is 21.7. The topological polar surface area (TPSA) is 139 Å². The fourth-order valence-electron chi connectivity index (χ4n) is 1.63. The third-order valence-corrected chi connectivity index (χ3v) is 3.01. The van der Waals surface area contributed by atoms with Gasteiger partial charge in [0.25, 0.3) is 0 Å². The molecule has 1 heterocycles. The number of hydrogen-bond donors (Lipinski definition) is 0. The normalized spacial score (nSPS) is 12.2. The van der Waals surface area contributed by atoms with Crippen molar-refractivity contribution >= 4 is 52.9 Å². The van der Waals surface area contributed by atoms with Gasteiger partial charge in [0.15, 0.2) is 5.82 Å². The summed E-state index contributed by atoms with van der Waals surface area (Å²) in [6.07, 6.45) is 1.84. The number of carbonyl (C=O) groups is 4. The fourth-order valence-corrected chi connectivity index (χ4v) is 1.63. The SMILES string of the molecule is CCC(=O)[O-].CCC(=O)[O-].CON1C(=O)C(=O)N(OC)C1=Cc1ccccc1.[Mg+2]. The molecule has 0 aromatic heterocycles. The summed E-state index contributed by atoms with van der Waals surface area (Å²) in [5.74, 6) is -3.35. The first-order chi connectivity index (χ1) is 13.2. The van der Waals surface area contributed by atoms with E-state index >= 15 is 0 Å². The van der Waals surface area contributed by atoms with Crippen molar-refractivity contribution in [2.75, 3.05) is 14.2 Å². The Morgan fingerprint density at radius 3 is 1.52 bits per heavy atom. The van der Waals surface area contributed by atoms with Gasteiger partial charge in [-0.15, -0.1) is 0 Å². The van der Waals surface area contributed by atoms with Gasteiger partial charge in [-0.3, -0.25) is 19.3 Å². The van der Waals surface area contributed by atoms with Gasteiger partial charge in [0.05, 0.1) is 14.2 Å². The molecule has 11 heteroatoms. The summed E-state index contributed by atoms with van der Waals surface area (Å²) in [5, 5.41) is 20.3. The number of benzene rings is 1. The molecule has 1 aliphatic rings. The molecule has 0 N–H and O–H groups in total. The Balaban J connectivity index is 0. The number of aliphatic carboxylic acids is 2. The molecule has 154 valence electrons. The minimum Gasteiger partial charge on any atom is -0.550 e. The fraction of sp³-hybridized carbons (Fsp3) is 0.333. The molecular formula is C18H22MgN2O8. The molecule has 0 radical (unpaired) electrons. The number of carboxylic acids is 2. The molecule has 0 spiro atoms. The van der Waals surface area contributed by atoms with Crippen molar-refractivity contribution in [2.45, 2.75) is 26.7 Å². The smallest absolute Gasteiger partial charge is 0.550 e. The first kappa shape index (κ1) is 28.7. The number of carboxylic acid groups (broad SMARTS) is 2. The molecule has 10 nitrogen and oxygen atoms in total. The first-order valence-corrected chi connectivity index (χ1v) is 8.16. The van der Waals surface area contributed by atoms with E-state index in [1.165, 1.54) is 28.1 Å². The summed E-state index contributed by atoms with van der Waals surface area (Å²) < 4.78 is 0. The van der Waals surface area contributed by atoms with Crippen molar-refractivity contribution in [3.8, 4) is 0 Å². The molecule has 0 saturated carbocycles. The Kier molecular flexibility index (Phi) is 15.3. The second-order valence-corrected chi connectivity index (χ2v) is 4.93. The van der Waals surface area contributed by atoms with E-state index < -0.39 is 23.8 Å². The number of rotatable bonds is 5. The molecule has 2 rings (SSSR count). The molecule has 1 aromatic rings. The number of carbonyl (C=O) groups excluding carboxylic acids is 4. The van der Waals surface area contributed by atoms with Crippen molar-refractivity contribution in [3.63, 3.8) is 0 Å². The largest absolute Gasteiger partial charge is 2.00 e. The van der Waals surface area contributed by atoms with E-state index in [9.17, 15) is 29.4 Å². The standard InChI is InChI=1S/C12H12N2O4.2C3H6O2.Mg/c1-17-13-10(8-9-6-4-3-5-7-9)14(18-2)12(16)11(13)15;2*1-2-3(4)5;/h3-8H,1-2H3;2*2H2,1H3,(H,4,5);/q;;;+2/p-2. The molecule has 0 bridgehead atoms. The summed E-state index contributed by atoms with van der Waals surface area (Å²) in [6, 6.07) is 9.23. The Bertz CT molecular complexity index is 671. The minimum atomic E-state index is -0.995. The summed E-state index contributed by atoms with van der Waals surface area (Å²) in [4.78, 5) is 51.5. The van der Waals surface area contributed by atoms with Gasteiger partial charge in [-0.05, 0) is 24.5 Å². The number of hydrogen-bond acceptors (Lipinski definition) is 8. The predicted molar refractivity (Wildman–Crippen MR) is 98.5 cm³/mol. The van der Waals surface area contributed by atoms with Gasteiger partial charge in [0.2, 0.25) is 0 Å². The van der Waals surface area contributed by atoms with Crippen LogP contribution in [0.4, 0.5) is 0 Å². The number of hydroxylamine groups is 4. The van der Waals surface area contributed by atoms with Crippen LogP contribution < -0.4 is 10.2 Å². The predicted octanol–water partition coefficient (Wildman–Crippen LogP) is -1.31. The molecule has 2 amide bonds. The van der Waals surface area contributed by atoms with Crippen LogP contribution in [0.15, 0.2) is 36.2 Å². The van der Waals surface area contributed by atoms with E-state index in [-0.39, 0.29) is 41.7 Å². The van der Waals surface area contributed by atoms with Crippen LogP contribution in [-0.2, 0) is 28.9 Å². The van der Waals surface area contributed by atoms with Gasteiger partial charge in [0.1, 0.15) is 0 Å². The average molecular weight is 419 g/mol. The second kappa shape index (κ2) is 15.4. The average Bonchev–Trinajstić information content (AvgIpc) is 2.92. The van der Waals surface area contributed by atoms with Crippen LogP contribution in [0.5, 0.6) is 0 Å².